The van der Waals surface area contributed by atoms with Crippen molar-refractivity contribution in [2.24, 2.45) is 0 Å². The van der Waals surface area contributed by atoms with Gasteiger partial charge in [-0.15, -0.1) is 0 Å². The molecule has 0 aliphatic heterocycles. The van der Waals surface area contributed by atoms with Crippen molar-refractivity contribution in [2.75, 3.05) is 6.61 Å². The molecule has 0 saturated heterocycles. The predicted molar refractivity (Wildman–Crippen MR) is 286 cm³/mol. The molecule has 0 aliphatic carbocycles. The van der Waals surface area contributed by atoms with Gasteiger partial charge in [0.15, 0.2) is 0 Å². The summed E-state index contributed by atoms with van der Waals surface area (Å²) in [5.41, 5.74) is 0. The van der Waals surface area contributed by atoms with Crippen molar-refractivity contribution in [3.05, 3.63) is 24.3 Å². The molecule has 380 valence electrons. The Morgan fingerprint density at radius 3 is 0.906 bits per heavy atom. The van der Waals surface area contributed by atoms with Crippen LogP contribution in [0.25, 0.3) is 0 Å². The topological polar surface area (TPSA) is 69.6 Å². The molecule has 0 spiro atoms. The molecule has 0 aromatic rings. The first kappa shape index (κ1) is 62.9. The van der Waals surface area contributed by atoms with Crippen LogP contribution >= 0.6 is 0 Å². The number of hydrogen-bond donors (Lipinski definition) is 3. The smallest absolute Gasteiger partial charge is 0.220 e. The Balaban J connectivity index is 3.35. The maximum Gasteiger partial charge on any atom is 0.220 e. The highest BCUT2D eigenvalue weighted by atomic mass is 16.3. The lowest BCUT2D eigenvalue weighted by molar-refractivity contribution is -0.123. The van der Waals surface area contributed by atoms with E-state index in [0.717, 1.165) is 32.1 Å². The van der Waals surface area contributed by atoms with E-state index in [2.05, 4.69) is 31.3 Å². The van der Waals surface area contributed by atoms with Crippen molar-refractivity contribution in [1.82, 2.24) is 5.32 Å². The molecule has 0 fully saturated rings. The maximum absolute atomic E-state index is 12.4. The van der Waals surface area contributed by atoms with Crippen molar-refractivity contribution in [2.45, 2.75) is 347 Å². The van der Waals surface area contributed by atoms with Crippen LogP contribution in [0.2, 0.25) is 0 Å². The zero-order valence-corrected chi connectivity index (χ0v) is 43.8. The van der Waals surface area contributed by atoms with Gasteiger partial charge in [0.05, 0.1) is 18.8 Å². The third-order valence-corrected chi connectivity index (χ3v) is 13.9. The Morgan fingerprint density at radius 2 is 0.609 bits per heavy atom. The fourth-order valence-electron chi connectivity index (χ4n) is 9.43. The molecular formula is C60H117NO3. The predicted octanol–water partition coefficient (Wildman–Crippen LogP) is 19.5. The monoisotopic (exact) mass is 900 g/mol. The number of hydrogen-bond acceptors (Lipinski definition) is 3. The van der Waals surface area contributed by atoms with Crippen LogP contribution in [0.1, 0.15) is 335 Å². The summed E-state index contributed by atoms with van der Waals surface area (Å²) in [5, 5.41) is 23.0. The zero-order chi connectivity index (χ0) is 46.3. The first-order valence-corrected chi connectivity index (χ1v) is 29.6. The van der Waals surface area contributed by atoms with Gasteiger partial charge in [0, 0.05) is 6.42 Å². The molecule has 1 amide bonds. The van der Waals surface area contributed by atoms with E-state index >= 15 is 0 Å². The van der Waals surface area contributed by atoms with Gasteiger partial charge < -0.3 is 15.5 Å². The second-order valence-corrected chi connectivity index (χ2v) is 20.4. The summed E-state index contributed by atoms with van der Waals surface area (Å²) in [7, 11) is 0. The lowest BCUT2D eigenvalue weighted by Gasteiger charge is -2.19. The molecule has 4 nitrogen and oxygen atoms in total. The van der Waals surface area contributed by atoms with Crippen LogP contribution in [-0.2, 0) is 4.79 Å². The Labute approximate surface area is 402 Å². The molecule has 0 radical (unpaired) electrons. The fourth-order valence-corrected chi connectivity index (χ4v) is 9.43. The lowest BCUT2D eigenvalue weighted by atomic mass is 10.0. The molecule has 0 aliphatic rings. The summed E-state index contributed by atoms with van der Waals surface area (Å²) < 4.78 is 0. The Kier molecular flexibility index (Phi) is 55.2. The number of nitrogens with one attached hydrogen (secondary N) is 1. The maximum atomic E-state index is 12.4. The molecule has 2 unspecified atom stereocenters. The second kappa shape index (κ2) is 56.2. The van der Waals surface area contributed by atoms with E-state index in [9.17, 15) is 15.0 Å². The molecule has 64 heavy (non-hydrogen) atoms. The standard InChI is InChI=1S/C60H117NO3/c1-3-5-7-9-11-13-15-17-18-19-20-21-22-23-24-25-26-27-28-29-30-31-32-33-34-35-36-37-38-39-40-41-42-44-46-48-50-52-54-56-60(64)61-58(57-62)59(63)55-53-51-49-47-45-43-16-14-12-10-8-6-4-2/h45,47,53,55,58-59,62-63H,3-44,46,48-52,54,56-57H2,1-2H3,(H,61,64)/b47-45+,55-53+. The van der Waals surface area contributed by atoms with Crippen molar-refractivity contribution >= 4 is 5.91 Å². The van der Waals surface area contributed by atoms with Gasteiger partial charge in [0.25, 0.3) is 0 Å². The fraction of sp³-hybridized carbons (Fsp3) is 0.917. The number of aliphatic hydroxyl groups excluding tert-OH is 2. The van der Waals surface area contributed by atoms with E-state index in [1.807, 2.05) is 6.08 Å². The van der Waals surface area contributed by atoms with E-state index in [-0.39, 0.29) is 12.5 Å². The molecular weight excluding hydrogens is 783 g/mol. The lowest BCUT2D eigenvalue weighted by Crippen LogP contribution is -2.45. The highest BCUT2D eigenvalue weighted by molar-refractivity contribution is 5.76. The van der Waals surface area contributed by atoms with Crippen LogP contribution in [0.15, 0.2) is 24.3 Å². The Morgan fingerprint density at radius 1 is 0.359 bits per heavy atom. The van der Waals surface area contributed by atoms with Gasteiger partial charge in [0.1, 0.15) is 0 Å². The number of allylic oxidation sites excluding steroid dienone is 3. The molecule has 2 atom stereocenters. The van der Waals surface area contributed by atoms with Crippen LogP contribution in [0.3, 0.4) is 0 Å². The Hall–Kier alpha value is -1.13. The summed E-state index contributed by atoms with van der Waals surface area (Å²) in [6, 6.07) is -0.635. The zero-order valence-electron chi connectivity index (χ0n) is 43.8. The van der Waals surface area contributed by atoms with E-state index < -0.39 is 12.1 Å². The molecule has 0 saturated carbocycles. The average molecular weight is 901 g/mol. The number of carbonyl (C=O) groups excluding carboxylic acids is 1. The van der Waals surface area contributed by atoms with Crippen LogP contribution in [0.5, 0.6) is 0 Å². The highest BCUT2D eigenvalue weighted by Gasteiger charge is 2.18. The van der Waals surface area contributed by atoms with E-state index in [1.165, 1.54) is 283 Å². The normalized spacial score (nSPS) is 12.9. The quantitative estimate of drug-likeness (QED) is 0.0421. The average Bonchev–Trinajstić information content (AvgIpc) is 3.30. The SMILES string of the molecule is CCCCCCCCC/C=C/CC/C=C/C(O)C(CO)NC(=O)CCCCCCCCCCCCCCCCCCCCCCCCCCCCCCCCCCCCCCCCC. The van der Waals surface area contributed by atoms with Crippen molar-refractivity contribution in [3.63, 3.8) is 0 Å². The van der Waals surface area contributed by atoms with Crippen LogP contribution < -0.4 is 5.32 Å². The summed E-state index contributed by atoms with van der Waals surface area (Å²) in [4.78, 5) is 12.4. The van der Waals surface area contributed by atoms with Crippen LogP contribution in [-0.4, -0.2) is 34.9 Å². The van der Waals surface area contributed by atoms with Crippen molar-refractivity contribution in [3.8, 4) is 0 Å². The molecule has 4 heteroatoms. The van der Waals surface area contributed by atoms with Gasteiger partial charge in [-0.25, -0.2) is 0 Å². The second-order valence-electron chi connectivity index (χ2n) is 20.4. The number of amides is 1. The molecule has 0 rings (SSSR count). The summed E-state index contributed by atoms with van der Waals surface area (Å²) in [5.74, 6) is -0.0682. The van der Waals surface area contributed by atoms with Crippen molar-refractivity contribution in [1.29, 1.82) is 0 Å². The van der Waals surface area contributed by atoms with Gasteiger partial charge in [-0.3, -0.25) is 4.79 Å². The summed E-state index contributed by atoms with van der Waals surface area (Å²) in [6.07, 6.45) is 75.3. The molecule has 0 aromatic carbocycles. The Bertz CT molecular complexity index is 932. The first-order valence-electron chi connectivity index (χ1n) is 29.6. The van der Waals surface area contributed by atoms with Gasteiger partial charge in [-0.1, -0.05) is 321 Å². The van der Waals surface area contributed by atoms with Gasteiger partial charge in [-0.05, 0) is 32.1 Å². The number of unbranched alkanes of at least 4 members (excludes halogenated alkanes) is 46. The highest BCUT2D eigenvalue weighted by Crippen LogP contribution is 2.18. The van der Waals surface area contributed by atoms with E-state index in [0.29, 0.717) is 6.42 Å². The van der Waals surface area contributed by atoms with E-state index in [4.69, 9.17) is 0 Å². The third-order valence-electron chi connectivity index (χ3n) is 13.9. The number of carbonyl (C=O) groups is 1. The van der Waals surface area contributed by atoms with Gasteiger partial charge in [-0.2, -0.15) is 0 Å². The summed E-state index contributed by atoms with van der Waals surface area (Å²) in [6.45, 7) is 4.31. The van der Waals surface area contributed by atoms with Crippen LogP contribution in [0, 0.1) is 0 Å². The molecule has 3 N–H and O–H groups in total. The molecule has 0 bridgehead atoms. The first-order chi connectivity index (χ1) is 31.7. The number of rotatable bonds is 55. The minimum Gasteiger partial charge on any atom is -0.394 e. The van der Waals surface area contributed by atoms with Gasteiger partial charge in [0.2, 0.25) is 5.91 Å². The minimum absolute atomic E-state index is 0.0682. The van der Waals surface area contributed by atoms with Gasteiger partial charge >= 0.3 is 0 Å². The molecule has 0 heterocycles. The minimum atomic E-state index is -0.858. The largest absolute Gasteiger partial charge is 0.394 e. The summed E-state index contributed by atoms with van der Waals surface area (Å²) >= 11 is 0. The third kappa shape index (κ3) is 51.8. The number of aliphatic hydroxyl groups is 2. The van der Waals surface area contributed by atoms with E-state index in [1.54, 1.807) is 6.08 Å². The molecule has 0 aromatic heterocycles. The van der Waals surface area contributed by atoms with Crippen molar-refractivity contribution < 1.29 is 15.0 Å². The van der Waals surface area contributed by atoms with Crippen LogP contribution in [0.4, 0.5) is 0 Å².